The van der Waals surface area contributed by atoms with Gasteiger partial charge in [0.25, 0.3) is 6.29 Å². The summed E-state index contributed by atoms with van der Waals surface area (Å²) in [5.74, 6) is 0.825. The van der Waals surface area contributed by atoms with Crippen molar-refractivity contribution in [3.8, 4) is 0 Å². The summed E-state index contributed by atoms with van der Waals surface area (Å²) in [6, 6.07) is 4.11. The number of aromatic nitrogens is 1. The van der Waals surface area contributed by atoms with Gasteiger partial charge in [0, 0.05) is 39.8 Å². The summed E-state index contributed by atoms with van der Waals surface area (Å²) in [4.78, 5) is 9.42. The number of ether oxygens (including phenoxy) is 2. The highest BCUT2D eigenvalue weighted by Gasteiger charge is 2.23. The van der Waals surface area contributed by atoms with E-state index in [1.54, 1.807) is 12.5 Å². The molecule has 114 valence electrons. The zero-order chi connectivity index (χ0) is 14.7. The number of piperazine rings is 1. The van der Waals surface area contributed by atoms with Crippen LogP contribution in [0.3, 0.4) is 0 Å². The topological polar surface area (TPSA) is 49.9 Å². The van der Waals surface area contributed by atoms with Crippen molar-refractivity contribution in [2.24, 2.45) is 0 Å². The minimum absolute atomic E-state index is 0.430. The molecule has 1 fully saturated rings. The summed E-state index contributed by atoms with van der Waals surface area (Å²) in [5.41, 5.74) is 2.01. The van der Waals surface area contributed by atoms with E-state index in [-0.39, 0.29) is 0 Å². The van der Waals surface area contributed by atoms with E-state index in [1.807, 2.05) is 13.1 Å². The lowest BCUT2D eigenvalue weighted by atomic mass is 10.1. The van der Waals surface area contributed by atoms with E-state index < -0.39 is 6.29 Å². The van der Waals surface area contributed by atoms with Gasteiger partial charge in [0.05, 0.1) is 0 Å². The molecule has 1 saturated heterocycles. The predicted molar refractivity (Wildman–Crippen MR) is 80.6 cm³/mol. The number of nitrogens with one attached hydrogen (secondary N) is 1. The highest BCUT2D eigenvalue weighted by Crippen LogP contribution is 2.27. The Balaban J connectivity index is 1.76. The standard InChI is InChI=1S/C15H22N4O2/c1-16-13-4-3-12(11-19-7-5-18(2)6-8-19)14(17-13)15-20-9-10-21-15/h3-4,9-10,15H,5-8,11H2,1-2H3,(H,16,17). The van der Waals surface area contributed by atoms with E-state index in [0.29, 0.717) is 0 Å². The fourth-order valence-electron chi connectivity index (χ4n) is 2.60. The summed E-state index contributed by atoms with van der Waals surface area (Å²) in [5, 5.41) is 3.06. The monoisotopic (exact) mass is 290 g/mol. The van der Waals surface area contributed by atoms with Gasteiger partial charge in [-0.05, 0) is 18.7 Å². The van der Waals surface area contributed by atoms with E-state index in [9.17, 15) is 0 Å². The van der Waals surface area contributed by atoms with Crippen LogP contribution >= 0.6 is 0 Å². The minimum atomic E-state index is -0.430. The lowest BCUT2D eigenvalue weighted by molar-refractivity contribution is -0.0291. The van der Waals surface area contributed by atoms with E-state index in [4.69, 9.17) is 9.47 Å². The maximum atomic E-state index is 5.47. The van der Waals surface area contributed by atoms with Crippen LogP contribution in [0.5, 0.6) is 0 Å². The second-order valence-electron chi connectivity index (χ2n) is 5.45. The maximum absolute atomic E-state index is 5.47. The molecule has 0 aromatic carbocycles. The Hall–Kier alpha value is -1.79. The molecular formula is C15H22N4O2. The van der Waals surface area contributed by atoms with Gasteiger partial charge in [-0.3, -0.25) is 4.90 Å². The van der Waals surface area contributed by atoms with Gasteiger partial charge < -0.3 is 19.7 Å². The molecule has 0 radical (unpaired) electrons. The Kier molecular flexibility index (Phi) is 4.26. The lowest BCUT2D eigenvalue weighted by Gasteiger charge is -2.32. The van der Waals surface area contributed by atoms with Crippen molar-refractivity contribution in [2.45, 2.75) is 12.8 Å². The molecule has 0 spiro atoms. The Morgan fingerprint density at radius 2 is 1.90 bits per heavy atom. The van der Waals surface area contributed by atoms with Gasteiger partial charge in [0.2, 0.25) is 0 Å². The van der Waals surface area contributed by atoms with E-state index in [0.717, 1.165) is 49.8 Å². The number of hydrogen-bond acceptors (Lipinski definition) is 6. The molecule has 6 heteroatoms. The average Bonchev–Trinajstić information content (AvgIpc) is 3.04. The molecule has 2 aliphatic heterocycles. The molecule has 1 aromatic rings. The number of pyridine rings is 1. The van der Waals surface area contributed by atoms with Crippen molar-refractivity contribution >= 4 is 5.82 Å². The van der Waals surface area contributed by atoms with Gasteiger partial charge in [-0.15, -0.1) is 0 Å². The minimum Gasteiger partial charge on any atom is -0.454 e. The Morgan fingerprint density at radius 3 is 2.57 bits per heavy atom. The number of rotatable bonds is 4. The van der Waals surface area contributed by atoms with Crippen molar-refractivity contribution in [3.05, 3.63) is 35.9 Å². The molecule has 6 nitrogen and oxygen atoms in total. The van der Waals surface area contributed by atoms with Crippen molar-refractivity contribution in [2.75, 3.05) is 45.6 Å². The predicted octanol–water partition coefficient (Wildman–Crippen LogP) is 1.39. The fourth-order valence-corrected chi connectivity index (χ4v) is 2.60. The molecule has 3 heterocycles. The smallest absolute Gasteiger partial charge is 0.283 e. The first kappa shape index (κ1) is 14.2. The maximum Gasteiger partial charge on any atom is 0.283 e. The molecule has 0 atom stereocenters. The first-order valence-corrected chi connectivity index (χ1v) is 7.30. The van der Waals surface area contributed by atoms with Crippen LogP contribution in [0.2, 0.25) is 0 Å². The zero-order valence-electron chi connectivity index (χ0n) is 12.6. The third-order valence-electron chi connectivity index (χ3n) is 3.94. The van der Waals surface area contributed by atoms with Gasteiger partial charge in [-0.25, -0.2) is 4.98 Å². The summed E-state index contributed by atoms with van der Waals surface area (Å²) >= 11 is 0. The molecule has 2 aliphatic rings. The fraction of sp³-hybridized carbons (Fsp3) is 0.533. The zero-order valence-corrected chi connectivity index (χ0v) is 12.6. The number of anilines is 1. The van der Waals surface area contributed by atoms with Gasteiger partial charge in [-0.1, -0.05) is 6.07 Å². The molecule has 0 unspecified atom stereocenters. The summed E-state index contributed by atoms with van der Waals surface area (Å²) in [6.07, 6.45) is 2.71. The molecular weight excluding hydrogens is 268 g/mol. The Morgan fingerprint density at radius 1 is 1.19 bits per heavy atom. The molecule has 3 rings (SSSR count). The summed E-state index contributed by atoms with van der Waals surface area (Å²) in [7, 11) is 4.03. The molecule has 1 N–H and O–H groups in total. The van der Waals surface area contributed by atoms with Crippen LogP contribution < -0.4 is 5.32 Å². The number of likely N-dealkylation sites (N-methyl/N-ethyl adjacent to an activating group) is 1. The SMILES string of the molecule is CNc1ccc(CN2CCN(C)CC2)c(C2OC=CO2)n1. The highest BCUT2D eigenvalue weighted by molar-refractivity contribution is 5.38. The summed E-state index contributed by atoms with van der Waals surface area (Å²) in [6.45, 7) is 5.25. The van der Waals surface area contributed by atoms with Gasteiger partial charge in [0.15, 0.2) is 0 Å². The summed E-state index contributed by atoms with van der Waals surface area (Å²) < 4.78 is 10.9. The third-order valence-corrected chi connectivity index (χ3v) is 3.94. The molecule has 0 saturated carbocycles. The number of nitrogens with zero attached hydrogens (tertiary/aromatic N) is 3. The van der Waals surface area contributed by atoms with Crippen LogP contribution in [0.25, 0.3) is 0 Å². The van der Waals surface area contributed by atoms with Crippen LogP contribution in [-0.2, 0) is 16.0 Å². The normalized spacial score (nSPS) is 20.3. The first-order chi connectivity index (χ1) is 10.3. The molecule has 0 aliphatic carbocycles. The van der Waals surface area contributed by atoms with Crippen LogP contribution in [0.15, 0.2) is 24.7 Å². The number of hydrogen-bond donors (Lipinski definition) is 1. The van der Waals surface area contributed by atoms with Crippen LogP contribution in [-0.4, -0.2) is 55.1 Å². The van der Waals surface area contributed by atoms with Crippen molar-refractivity contribution in [3.63, 3.8) is 0 Å². The van der Waals surface area contributed by atoms with Gasteiger partial charge >= 0.3 is 0 Å². The second-order valence-corrected chi connectivity index (χ2v) is 5.45. The largest absolute Gasteiger partial charge is 0.454 e. The van der Waals surface area contributed by atoms with E-state index >= 15 is 0 Å². The van der Waals surface area contributed by atoms with E-state index in [1.165, 1.54) is 0 Å². The van der Waals surface area contributed by atoms with Crippen LogP contribution in [0, 0.1) is 0 Å². The third kappa shape index (κ3) is 3.28. The Labute approximate surface area is 125 Å². The van der Waals surface area contributed by atoms with Crippen molar-refractivity contribution in [1.82, 2.24) is 14.8 Å². The van der Waals surface area contributed by atoms with Gasteiger partial charge in [-0.2, -0.15) is 0 Å². The van der Waals surface area contributed by atoms with E-state index in [2.05, 4.69) is 33.2 Å². The molecule has 0 amide bonds. The van der Waals surface area contributed by atoms with Crippen LogP contribution in [0.4, 0.5) is 5.82 Å². The highest BCUT2D eigenvalue weighted by atomic mass is 16.7. The quantitative estimate of drug-likeness (QED) is 0.904. The molecule has 1 aromatic heterocycles. The average molecular weight is 290 g/mol. The van der Waals surface area contributed by atoms with Crippen LogP contribution in [0.1, 0.15) is 17.5 Å². The second kappa shape index (κ2) is 6.32. The lowest BCUT2D eigenvalue weighted by Crippen LogP contribution is -2.44. The van der Waals surface area contributed by atoms with Gasteiger partial charge in [0.1, 0.15) is 24.0 Å². The van der Waals surface area contributed by atoms with Crippen molar-refractivity contribution < 1.29 is 9.47 Å². The molecule has 21 heavy (non-hydrogen) atoms. The van der Waals surface area contributed by atoms with Crippen molar-refractivity contribution in [1.29, 1.82) is 0 Å². The molecule has 0 bridgehead atoms. The Bertz CT molecular complexity index is 504. The first-order valence-electron chi connectivity index (χ1n) is 7.30.